The standard InChI is InChI=1S/C8H9N3O2S/c12-14(13,7-1-2-7)11-5-6-3-9-4-8(6)10-11/h3,5,7H,1-2,4H2. The van der Waals surface area contributed by atoms with Gasteiger partial charge in [-0.15, -0.1) is 0 Å². The molecule has 0 unspecified atom stereocenters. The van der Waals surface area contributed by atoms with E-state index in [1.165, 1.54) is 0 Å². The predicted molar refractivity (Wildman–Crippen MR) is 50.9 cm³/mol. The van der Waals surface area contributed by atoms with Gasteiger partial charge in [-0.3, -0.25) is 4.99 Å². The Kier molecular flexibility index (Phi) is 1.42. The van der Waals surface area contributed by atoms with Crippen molar-refractivity contribution in [1.29, 1.82) is 0 Å². The molecule has 0 spiro atoms. The second kappa shape index (κ2) is 2.44. The smallest absolute Gasteiger partial charge is 0.256 e. The van der Waals surface area contributed by atoms with Crippen molar-refractivity contribution < 1.29 is 8.42 Å². The molecule has 1 saturated carbocycles. The van der Waals surface area contributed by atoms with Crippen molar-refractivity contribution in [2.45, 2.75) is 24.6 Å². The summed E-state index contributed by atoms with van der Waals surface area (Å²) in [5, 5.41) is 3.82. The molecule has 14 heavy (non-hydrogen) atoms. The second-order valence-corrected chi connectivity index (χ2v) is 5.69. The summed E-state index contributed by atoms with van der Waals surface area (Å²) in [6.45, 7) is 0.502. The molecule has 1 aromatic rings. The van der Waals surface area contributed by atoms with Gasteiger partial charge in [-0.1, -0.05) is 0 Å². The molecule has 0 amide bonds. The first-order valence-corrected chi connectivity index (χ1v) is 6.01. The Balaban J connectivity index is 2.08. The van der Waals surface area contributed by atoms with E-state index < -0.39 is 10.0 Å². The molecular weight excluding hydrogens is 202 g/mol. The van der Waals surface area contributed by atoms with Crippen molar-refractivity contribution in [1.82, 2.24) is 9.19 Å². The van der Waals surface area contributed by atoms with E-state index in [0.717, 1.165) is 28.2 Å². The molecule has 5 nitrogen and oxygen atoms in total. The maximum Gasteiger partial charge on any atom is 0.256 e. The van der Waals surface area contributed by atoms with Gasteiger partial charge in [0.25, 0.3) is 10.0 Å². The van der Waals surface area contributed by atoms with E-state index in [9.17, 15) is 8.42 Å². The fraction of sp³-hybridized carbons (Fsp3) is 0.500. The minimum atomic E-state index is -3.20. The summed E-state index contributed by atoms with van der Waals surface area (Å²) in [4.78, 5) is 4.00. The Bertz CT molecular complexity index is 511. The number of hydrogen-bond acceptors (Lipinski definition) is 4. The molecule has 0 N–H and O–H groups in total. The molecule has 0 bridgehead atoms. The zero-order valence-electron chi connectivity index (χ0n) is 7.42. The topological polar surface area (TPSA) is 64.3 Å². The van der Waals surface area contributed by atoms with Crippen molar-refractivity contribution in [2.24, 2.45) is 4.99 Å². The van der Waals surface area contributed by atoms with Gasteiger partial charge in [-0.05, 0) is 12.8 Å². The van der Waals surface area contributed by atoms with Gasteiger partial charge in [0, 0.05) is 11.8 Å². The average Bonchev–Trinajstić information content (AvgIpc) is 2.75. The first-order valence-electron chi connectivity index (χ1n) is 4.51. The molecule has 0 aromatic carbocycles. The van der Waals surface area contributed by atoms with Crippen LogP contribution in [0, 0.1) is 0 Å². The molecule has 0 radical (unpaired) electrons. The highest BCUT2D eigenvalue weighted by Crippen LogP contribution is 2.30. The van der Waals surface area contributed by atoms with Crippen LogP contribution in [-0.4, -0.2) is 29.1 Å². The van der Waals surface area contributed by atoms with Crippen molar-refractivity contribution in [3.05, 3.63) is 17.5 Å². The van der Waals surface area contributed by atoms with Crippen LogP contribution in [0.15, 0.2) is 11.2 Å². The number of aromatic nitrogens is 2. The van der Waals surface area contributed by atoms with Crippen LogP contribution in [-0.2, 0) is 16.6 Å². The molecule has 1 aliphatic heterocycles. The van der Waals surface area contributed by atoms with Crippen LogP contribution in [0.25, 0.3) is 0 Å². The Morgan fingerprint density at radius 1 is 1.43 bits per heavy atom. The summed E-state index contributed by atoms with van der Waals surface area (Å²) in [5.74, 6) is 0. The molecule has 1 aromatic heterocycles. The average molecular weight is 211 g/mol. The number of nitrogens with zero attached hydrogens (tertiary/aromatic N) is 3. The van der Waals surface area contributed by atoms with Gasteiger partial charge in [0.2, 0.25) is 0 Å². The normalized spacial score (nSPS) is 20.0. The number of rotatable bonds is 2. The van der Waals surface area contributed by atoms with E-state index in [0.29, 0.717) is 6.54 Å². The molecule has 0 saturated heterocycles. The maximum atomic E-state index is 11.8. The van der Waals surface area contributed by atoms with Crippen molar-refractivity contribution >= 4 is 16.2 Å². The summed E-state index contributed by atoms with van der Waals surface area (Å²) >= 11 is 0. The molecule has 6 heteroatoms. The highest BCUT2D eigenvalue weighted by molar-refractivity contribution is 7.90. The molecule has 1 aliphatic carbocycles. The molecule has 3 rings (SSSR count). The summed E-state index contributed by atoms with van der Waals surface area (Å²) in [6, 6.07) is 0. The lowest BCUT2D eigenvalue weighted by Crippen LogP contribution is -2.18. The lowest BCUT2D eigenvalue weighted by Gasteiger charge is -2.00. The number of hydrogen-bond donors (Lipinski definition) is 0. The van der Waals surface area contributed by atoms with Gasteiger partial charge in [-0.25, -0.2) is 8.42 Å². The van der Waals surface area contributed by atoms with E-state index in [2.05, 4.69) is 10.1 Å². The first kappa shape index (κ1) is 8.16. The van der Waals surface area contributed by atoms with Gasteiger partial charge in [0.05, 0.1) is 23.7 Å². The number of fused-ring (bicyclic) bond motifs is 1. The third-order valence-corrected chi connectivity index (χ3v) is 4.50. The van der Waals surface area contributed by atoms with Gasteiger partial charge in [-0.2, -0.15) is 9.19 Å². The highest BCUT2D eigenvalue weighted by Gasteiger charge is 2.38. The largest absolute Gasteiger partial charge is 0.286 e. The minimum absolute atomic E-state index is 0.209. The van der Waals surface area contributed by atoms with Crippen LogP contribution in [0.5, 0.6) is 0 Å². The third kappa shape index (κ3) is 1.03. The Morgan fingerprint density at radius 2 is 2.21 bits per heavy atom. The third-order valence-electron chi connectivity index (χ3n) is 2.48. The predicted octanol–water partition coefficient (Wildman–Crippen LogP) is 0.156. The maximum absolute atomic E-state index is 11.8. The van der Waals surface area contributed by atoms with Crippen LogP contribution in [0.1, 0.15) is 24.1 Å². The second-order valence-electron chi connectivity index (χ2n) is 3.62. The van der Waals surface area contributed by atoms with E-state index in [-0.39, 0.29) is 5.25 Å². The van der Waals surface area contributed by atoms with E-state index in [4.69, 9.17) is 0 Å². The van der Waals surface area contributed by atoms with Crippen LogP contribution < -0.4 is 0 Å². The van der Waals surface area contributed by atoms with Gasteiger partial charge >= 0.3 is 0 Å². The Morgan fingerprint density at radius 3 is 2.86 bits per heavy atom. The molecule has 0 atom stereocenters. The van der Waals surface area contributed by atoms with Gasteiger partial charge in [0.15, 0.2) is 0 Å². The summed E-state index contributed by atoms with van der Waals surface area (Å²) in [5.41, 5.74) is 1.59. The molecule has 2 aliphatic rings. The fourth-order valence-electron chi connectivity index (χ4n) is 1.51. The van der Waals surface area contributed by atoms with Crippen LogP contribution in [0.4, 0.5) is 0 Å². The van der Waals surface area contributed by atoms with Crippen LogP contribution in [0.2, 0.25) is 0 Å². The van der Waals surface area contributed by atoms with Crippen molar-refractivity contribution in [3.8, 4) is 0 Å². The molecule has 2 heterocycles. The van der Waals surface area contributed by atoms with Crippen molar-refractivity contribution in [2.75, 3.05) is 0 Å². The summed E-state index contributed by atoms with van der Waals surface area (Å²) < 4.78 is 24.6. The quantitative estimate of drug-likeness (QED) is 0.699. The monoisotopic (exact) mass is 211 g/mol. The van der Waals surface area contributed by atoms with Gasteiger partial charge < -0.3 is 0 Å². The highest BCUT2D eigenvalue weighted by atomic mass is 32.2. The van der Waals surface area contributed by atoms with Crippen LogP contribution >= 0.6 is 0 Å². The Hall–Kier alpha value is -1.17. The number of aliphatic imine (C=N–C) groups is 1. The van der Waals surface area contributed by atoms with Crippen LogP contribution in [0.3, 0.4) is 0 Å². The molecule has 1 fully saturated rings. The lowest BCUT2D eigenvalue weighted by molar-refractivity contribution is 0.577. The zero-order chi connectivity index (χ0) is 9.76. The SMILES string of the molecule is O=S(=O)(C1CC1)n1cc2c(n1)CN=C2. The molecule has 74 valence electrons. The van der Waals surface area contributed by atoms with E-state index >= 15 is 0 Å². The lowest BCUT2D eigenvalue weighted by atomic mass is 10.3. The zero-order valence-corrected chi connectivity index (χ0v) is 8.24. The summed E-state index contributed by atoms with van der Waals surface area (Å²) in [6.07, 6.45) is 4.75. The van der Waals surface area contributed by atoms with Crippen molar-refractivity contribution in [3.63, 3.8) is 0 Å². The first-order chi connectivity index (χ1) is 6.68. The van der Waals surface area contributed by atoms with E-state index in [1.54, 1.807) is 12.4 Å². The van der Waals surface area contributed by atoms with E-state index in [1.807, 2.05) is 0 Å². The molecular formula is C8H9N3O2S. The minimum Gasteiger partial charge on any atom is -0.286 e. The summed E-state index contributed by atoms with van der Waals surface area (Å²) in [7, 11) is -3.20. The fourth-order valence-corrected chi connectivity index (χ4v) is 3.02. The van der Waals surface area contributed by atoms with Gasteiger partial charge in [0.1, 0.15) is 0 Å². The Labute approximate surface area is 81.5 Å².